The van der Waals surface area contributed by atoms with Crippen LogP contribution < -0.4 is 10.1 Å². The lowest BCUT2D eigenvalue weighted by Crippen LogP contribution is -2.12. The zero-order chi connectivity index (χ0) is 16.5. The van der Waals surface area contributed by atoms with Gasteiger partial charge in [-0.15, -0.1) is 0 Å². The van der Waals surface area contributed by atoms with Crippen molar-refractivity contribution in [2.45, 2.75) is 52.9 Å². The Hall–Kier alpha value is -1.92. The molecular formula is C15H26N4O3. The molecule has 0 unspecified atom stereocenters. The number of rotatable bonds is 10. The van der Waals surface area contributed by atoms with Gasteiger partial charge in [-0.3, -0.25) is 10.1 Å². The van der Waals surface area contributed by atoms with Gasteiger partial charge in [0.15, 0.2) is 0 Å². The van der Waals surface area contributed by atoms with Crippen molar-refractivity contribution in [2.75, 3.05) is 19.0 Å². The first-order valence-electron chi connectivity index (χ1n) is 7.82. The topological polar surface area (TPSA) is 90.2 Å². The molecule has 7 nitrogen and oxygen atoms in total. The Morgan fingerprint density at radius 2 is 2.00 bits per heavy atom. The highest BCUT2D eigenvalue weighted by Gasteiger charge is 2.25. The number of methoxy groups -OCH3 is 1. The minimum Gasteiger partial charge on any atom is -0.476 e. The second-order valence-electron chi connectivity index (χ2n) is 5.69. The molecule has 1 heterocycles. The number of unbranched alkanes of at least 4 members (excludes halogenated alkanes) is 3. The average Bonchev–Trinajstić information content (AvgIpc) is 2.45. The number of hydrogen-bond acceptors (Lipinski definition) is 6. The fraction of sp³-hybridized carbons (Fsp3) is 0.733. The van der Waals surface area contributed by atoms with E-state index in [2.05, 4.69) is 36.1 Å². The molecule has 1 aromatic rings. The summed E-state index contributed by atoms with van der Waals surface area (Å²) in [4.78, 5) is 19.3. The van der Waals surface area contributed by atoms with Crippen LogP contribution in [0.2, 0.25) is 0 Å². The summed E-state index contributed by atoms with van der Waals surface area (Å²) in [6, 6.07) is 0. The first-order chi connectivity index (χ1) is 10.5. The van der Waals surface area contributed by atoms with Gasteiger partial charge < -0.3 is 10.1 Å². The summed E-state index contributed by atoms with van der Waals surface area (Å²) in [6.45, 7) is 6.90. The van der Waals surface area contributed by atoms with Crippen LogP contribution in [-0.4, -0.2) is 28.5 Å². The molecule has 0 radical (unpaired) electrons. The molecular weight excluding hydrogens is 284 g/mol. The lowest BCUT2D eigenvalue weighted by atomic mass is 10.1. The predicted octanol–water partition coefficient (Wildman–Crippen LogP) is 3.58. The van der Waals surface area contributed by atoms with Gasteiger partial charge in [0.05, 0.1) is 12.0 Å². The molecule has 0 aromatic carbocycles. The Morgan fingerprint density at radius 1 is 1.27 bits per heavy atom. The van der Waals surface area contributed by atoms with Crippen molar-refractivity contribution < 1.29 is 9.66 Å². The number of anilines is 1. The lowest BCUT2D eigenvalue weighted by molar-refractivity contribution is -0.385. The molecule has 7 heteroatoms. The van der Waals surface area contributed by atoms with Crippen LogP contribution in [0.3, 0.4) is 0 Å². The maximum Gasteiger partial charge on any atom is 0.372 e. The molecule has 0 aliphatic heterocycles. The molecule has 124 valence electrons. The molecule has 0 atom stereocenters. The van der Waals surface area contributed by atoms with E-state index in [4.69, 9.17) is 4.74 Å². The monoisotopic (exact) mass is 310 g/mol. The Balaban J connectivity index is 2.95. The van der Waals surface area contributed by atoms with Crippen LogP contribution in [0.25, 0.3) is 0 Å². The fourth-order valence-electron chi connectivity index (χ4n) is 2.12. The summed E-state index contributed by atoms with van der Waals surface area (Å²) in [6.07, 6.45) is 5.02. The Morgan fingerprint density at radius 3 is 2.55 bits per heavy atom. The summed E-state index contributed by atoms with van der Waals surface area (Å²) < 4.78 is 5.08. The molecule has 0 aliphatic carbocycles. The molecule has 0 saturated heterocycles. The first kappa shape index (κ1) is 18.1. The van der Waals surface area contributed by atoms with Gasteiger partial charge in [0.25, 0.3) is 5.88 Å². The second kappa shape index (κ2) is 9.17. The number of aromatic nitrogens is 2. The fourth-order valence-corrected chi connectivity index (χ4v) is 2.12. The lowest BCUT2D eigenvalue weighted by Gasteiger charge is -2.11. The van der Waals surface area contributed by atoms with Crippen LogP contribution in [-0.2, 0) is 6.42 Å². The highest BCUT2D eigenvalue weighted by molar-refractivity contribution is 5.61. The minimum atomic E-state index is -0.494. The van der Waals surface area contributed by atoms with Gasteiger partial charge in [-0.2, -0.15) is 4.98 Å². The van der Waals surface area contributed by atoms with E-state index in [-0.39, 0.29) is 17.4 Å². The van der Waals surface area contributed by atoms with Crippen LogP contribution in [0.5, 0.6) is 5.88 Å². The Kier molecular flexibility index (Phi) is 7.56. The molecule has 1 rings (SSSR count). The molecule has 0 aliphatic rings. The molecule has 0 spiro atoms. The summed E-state index contributed by atoms with van der Waals surface area (Å²) in [5, 5.41) is 14.3. The van der Waals surface area contributed by atoms with E-state index in [0.717, 1.165) is 25.7 Å². The van der Waals surface area contributed by atoms with Crippen molar-refractivity contribution in [3.63, 3.8) is 0 Å². The molecule has 0 saturated carbocycles. The maximum atomic E-state index is 11.3. The van der Waals surface area contributed by atoms with Crippen molar-refractivity contribution in [1.82, 2.24) is 9.97 Å². The van der Waals surface area contributed by atoms with Crippen molar-refractivity contribution >= 4 is 11.5 Å². The third-order valence-corrected chi connectivity index (χ3v) is 3.19. The third kappa shape index (κ3) is 5.46. The molecule has 22 heavy (non-hydrogen) atoms. The number of nitrogens with zero attached hydrogens (tertiary/aromatic N) is 3. The van der Waals surface area contributed by atoms with Gasteiger partial charge in [-0.1, -0.05) is 40.0 Å². The van der Waals surface area contributed by atoms with Gasteiger partial charge in [0, 0.05) is 13.0 Å². The van der Waals surface area contributed by atoms with Gasteiger partial charge in [0.1, 0.15) is 5.82 Å². The van der Waals surface area contributed by atoms with Gasteiger partial charge in [0.2, 0.25) is 5.82 Å². The summed E-state index contributed by atoms with van der Waals surface area (Å²) >= 11 is 0. The number of nitro groups is 1. The first-order valence-corrected chi connectivity index (χ1v) is 7.82. The van der Waals surface area contributed by atoms with E-state index in [1.54, 1.807) is 0 Å². The van der Waals surface area contributed by atoms with Gasteiger partial charge in [-0.05, 0) is 12.3 Å². The normalized spacial score (nSPS) is 10.8. The van der Waals surface area contributed by atoms with E-state index in [1.165, 1.54) is 7.11 Å². The largest absolute Gasteiger partial charge is 0.476 e. The summed E-state index contributed by atoms with van der Waals surface area (Å²) in [5.41, 5.74) is -0.189. The van der Waals surface area contributed by atoms with E-state index in [1.807, 2.05) is 0 Å². The maximum absolute atomic E-state index is 11.3. The van der Waals surface area contributed by atoms with Crippen molar-refractivity contribution in [3.8, 4) is 5.88 Å². The zero-order valence-corrected chi connectivity index (χ0v) is 13.9. The second-order valence-corrected chi connectivity index (χ2v) is 5.69. The highest BCUT2D eigenvalue weighted by atomic mass is 16.6. The Bertz CT molecular complexity index is 492. The number of ether oxygens (including phenoxy) is 1. The molecule has 0 amide bonds. The number of nitrogens with one attached hydrogen (secondary N) is 1. The van der Waals surface area contributed by atoms with Crippen molar-refractivity contribution in [2.24, 2.45) is 5.92 Å². The molecule has 1 aromatic heterocycles. The van der Waals surface area contributed by atoms with Crippen LogP contribution in [0.4, 0.5) is 11.5 Å². The van der Waals surface area contributed by atoms with Gasteiger partial charge in [-0.25, -0.2) is 4.98 Å². The van der Waals surface area contributed by atoms with Gasteiger partial charge >= 0.3 is 5.69 Å². The van der Waals surface area contributed by atoms with E-state index in [0.29, 0.717) is 24.7 Å². The minimum absolute atomic E-state index is 0.0201. The molecule has 0 bridgehead atoms. The van der Waals surface area contributed by atoms with E-state index < -0.39 is 4.92 Å². The number of hydrogen-bond donors (Lipinski definition) is 1. The molecule has 0 fully saturated rings. The van der Waals surface area contributed by atoms with Crippen LogP contribution in [0.15, 0.2) is 0 Å². The van der Waals surface area contributed by atoms with Crippen LogP contribution in [0.1, 0.15) is 52.3 Å². The molecule has 1 N–H and O–H groups in total. The summed E-state index contributed by atoms with van der Waals surface area (Å²) in [5.74, 6) is 1.20. The van der Waals surface area contributed by atoms with E-state index in [9.17, 15) is 10.1 Å². The van der Waals surface area contributed by atoms with Crippen molar-refractivity contribution in [3.05, 3.63) is 15.9 Å². The highest BCUT2D eigenvalue weighted by Crippen LogP contribution is 2.32. The average molecular weight is 310 g/mol. The zero-order valence-electron chi connectivity index (χ0n) is 13.9. The van der Waals surface area contributed by atoms with Crippen LogP contribution >= 0.6 is 0 Å². The summed E-state index contributed by atoms with van der Waals surface area (Å²) in [7, 11) is 1.39. The third-order valence-electron chi connectivity index (χ3n) is 3.19. The van der Waals surface area contributed by atoms with Crippen LogP contribution in [0, 0.1) is 16.0 Å². The quantitative estimate of drug-likeness (QED) is 0.403. The predicted molar refractivity (Wildman–Crippen MR) is 86.4 cm³/mol. The SMILES string of the molecule is CCCCCCNc1nc(CC(C)C)nc(OC)c1[N+](=O)[O-]. The van der Waals surface area contributed by atoms with Crippen molar-refractivity contribution in [1.29, 1.82) is 0 Å². The standard InChI is InChI=1S/C15H26N4O3/c1-5-6-7-8-9-16-14-13(19(20)21)15(22-4)18-12(17-14)10-11(2)3/h11H,5-10H2,1-4H3,(H,16,17,18). The Labute approximate surface area is 131 Å². The van der Waals surface area contributed by atoms with E-state index >= 15 is 0 Å². The smallest absolute Gasteiger partial charge is 0.372 e.